The number of fused-ring (bicyclic) bond motifs is 3. The third-order valence-electron chi connectivity index (χ3n) is 5.24. The number of hydrogen-bond donors (Lipinski definition) is 0. The zero-order valence-corrected chi connectivity index (χ0v) is 15.2. The monoisotopic (exact) mass is 389 g/mol. The molecule has 2 aliphatic heterocycles. The van der Waals surface area contributed by atoms with Gasteiger partial charge >= 0.3 is 0 Å². The van der Waals surface area contributed by atoms with E-state index in [1.54, 1.807) is 24.3 Å². The van der Waals surface area contributed by atoms with Gasteiger partial charge in [0.25, 0.3) is 5.69 Å². The maximum atomic E-state index is 13.3. The Morgan fingerprint density at radius 1 is 1.07 bits per heavy atom. The van der Waals surface area contributed by atoms with Crippen molar-refractivity contribution in [2.75, 3.05) is 0 Å². The van der Waals surface area contributed by atoms with Gasteiger partial charge in [-0.05, 0) is 23.8 Å². The molecule has 0 bridgehead atoms. The molecule has 0 saturated heterocycles. The summed E-state index contributed by atoms with van der Waals surface area (Å²) in [7, 11) is 0. The highest BCUT2D eigenvalue weighted by Gasteiger charge is 2.41. The number of rotatable bonds is 3. The fourth-order valence-corrected chi connectivity index (χ4v) is 3.86. The van der Waals surface area contributed by atoms with E-state index >= 15 is 0 Å². The van der Waals surface area contributed by atoms with E-state index in [-0.39, 0.29) is 17.5 Å². The molecule has 0 saturated carbocycles. The van der Waals surface area contributed by atoms with E-state index in [9.17, 15) is 14.5 Å². The van der Waals surface area contributed by atoms with Gasteiger partial charge in [-0.25, -0.2) is 9.40 Å². The number of nitrogens with zero attached hydrogens (tertiary/aromatic N) is 3. The van der Waals surface area contributed by atoms with Crippen molar-refractivity contribution in [1.29, 1.82) is 0 Å². The predicted octanol–water partition coefficient (Wildman–Crippen LogP) is 4.98. The fraction of sp³-hybridized carbons (Fsp3) is 0.136. The van der Waals surface area contributed by atoms with Crippen LogP contribution in [-0.4, -0.2) is 15.6 Å². The van der Waals surface area contributed by atoms with Gasteiger partial charge in [-0.15, -0.1) is 0 Å². The Balaban J connectivity index is 1.59. The third-order valence-corrected chi connectivity index (χ3v) is 5.24. The number of hydrogen-bond acceptors (Lipinski definition) is 5. The highest BCUT2D eigenvalue weighted by Crippen LogP contribution is 2.47. The first-order valence-corrected chi connectivity index (χ1v) is 9.22. The first kappa shape index (κ1) is 17.4. The number of hydrazone groups is 1. The highest BCUT2D eigenvalue weighted by molar-refractivity contribution is 6.01. The van der Waals surface area contributed by atoms with E-state index in [4.69, 9.17) is 9.84 Å². The summed E-state index contributed by atoms with van der Waals surface area (Å²) in [5, 5.41) is 17.8. The zero-order chi connectivity index (χ0) is 20.0. The van der Waals surface area contributed by atoms with E-state index in [0.717, 1.165) is 22.6 Å². The van der Waals surface area contributed by atoms with Gasteiger partial charge in [-0.2, -0.15) is 5.10 Å². The number of benzene rings is 3. The van der Waals surface area contributed by atoms with E-state index in [2.05, 4.69) is 0 Å². The Labute approximate surface area is 166 Å². The summed E-state index contributed by atoms with van der Waals surface area (Å²) in [6.07, 6.45) is 0.0463. The van der Waals surface area contributed by atoms with Gasteiger partial charge in [0.15, 0.2) is 0 Å². The third kappa shape index (κ3) is 3.00. The molecule has 3 aromatic rings. The molecule has 7 heteroatoms. The molecule has 0 aromatic heterocycles. The molecular formula is C22H16FN3O3. The van der Waals surface area contributed by atoms with E-state index in [1.807, 2.05) is 29.3 Å². The second-order valence-electron chi connectivity index (χ2n) is 7.01. The smallest absolute Gasteiger partial charge is 0.269 e. The van der Waals surface area contributed by atoms with E-state index in [1.165, 1.54) is 24.3 Å². The van der Waals surface area contributed by atoms with Crippen LogP contribution in [0.3, 0.4) is 0 Å². The summed E-state index contributed by atoms with van der Waals surface area (Å²) in [4.78, 5) is 10.8. The molecule has 0 unspecified atom stereocenters. The molecule has 0 aliphatic carbocycles. The van der Waals surface area contributed by atoms with Crippen LogP contribution in [-0.2, 0) is 0 Å². The molecule has 0 amide bonds. The summed E-state index contributed by atoms with van der Waals surface area (Å²) >= 11 is 0. The van der Waals surface area contributed by atoms with Crippen molar-refractivity contribution in [3.8, 4) is 5.75 Å². The van der Waals surface area contributed by atoms with Crippen molar-refractivity contribution in [3.05, 3.63) is 105 Å². The minimum absolute atomic E-state index is 0.00319. The summed E-state index contributed by atoms with van der Waals surface area (Å²) in [6, 6.07) is 20.3. The average Bonchev–Trinajstić information content (AvgIpc) is 3.19. The molecule has 0 N–H and O–H groups in total. The van der Waals surface area contributed by atoms with Crippen LogP contribution in [0.5, 0.6) is 5.75 Å². The fourth-order valence-electron chi connectivity index (χ4n) is 3.86. The van der Waals surface area contributed by atoms with Crippen LogP contribution >= 0.6 is 0 Å². The molecule has 2 atom stereocenters. The summed E-state index contributed by atoms with van der Waals surface area (Å²) < 4.78 is 19.5. The van der Waals surface area contributed by atoms with Crippen molar-refractivity contribution >= 4 is 11.4 Å². The first-order chi connectivity index (χ1) is 14.1. The minimum Gasteiger partial charge on any atom is -0.464 e. The predicted molar refractivity (Wildman–Crippen MR) is 105 cm³/mol. The van der Waals surface area contributed by atoms with E-state index in [0.29, 0.717) is 12.0 Å². The Morgan fingerprint density at radius 2 is 1.86 bits per heavy atom. The van der Waals surface area contributed by atoms with Crippen LogP contribution in [0.4, 0.5) is 10.1 Å². The molecule has 5 rings (SSSR count). The lowest BCUT2D eigenvalue weighted by Crippen LogP contribution is -2.33. The Hall–Kier alpha value is -3.74. The average molecular weight is 389 g/mol. The largest absolute Gasteiger partial charge is 0.464 e. The standard InChI is InChI=1S/C22H16FN3O3/c23-16-10-8-14(9-11-16)19-13-20-18-6-1-2-7-21(18)29-22(25(20)24-19)15-4-3-5-17(12-15)26(27)28/h1-12,20,22H,13H2/t20-,22-/m0/s1. The molecule has 29 heavy (non-hydrogen) atoms. The second-order valence-corrected chi connectivity index (χ2v) is 7.01. The Kier molecular flexibility index (Phi) is 4.01. The number of nitro groups is 1. The summed E-state index contributed by atoms with van der Waals surface area (Å²) in [5.41, 5.74) is 3.34. The lowest BCUT2D eigenvalue weighted by Gasteiger charge is -2.38. The van der Waals surface area contributed by atoms with Crippen molar-refractivity contribution in [2.45, 2.75) is 18.7 Å². The van der Waals surface area contributed by atoms with Crippen molar-refractivity contribution in [2.24, 2.45) is 5.10 Å². The van der Waals surface area contributed by atoms with Crippen molar-refractivity contribution < 1.29 is 14.1 Å². The first-order valence-electron chi connectivity index (χ1n) is 9.22. The lowest BCUT2D eigenvalue weighted by atomic mass is 9.96. The maximum Gasteiger partial charge on any atom is 0.269 e. The van der Waals surface area contributed by atoms with Gasteiger partial charge in [-0.3, -0.25) is 10.1 Å². The summed E-state index contributed by atoms with van der Waals surface area (Å²) in [5.74, 6) is 0.439. The van der Waals surface area contributed by atoms with Crippen LogP contribution in [0.2, 0.25) is 0 Å². The number of para-hydroxylation sites is 1. The molecule has 144 valence electrons. The maximum absolute atomic E-state index is 13.3. The van der Waals surface area contributed by atoms with Gasteiger partial charge in [0.05, 0.1) is 16.7 Å². The molecular weight excluding hydrogens is 373 g/mol. The molecule has 3 aromatic carbocycles. The SMILES string of the molecule is O=[N+]([O-])c1cccc([C@@H]2Oc3ccccc3[C@@H]3CC(c4ccc(F)cc4)=NN32)c1. The molecule has 6 nitrogen and oxygen atoms in total. The number of halogens is 1. The van der Waals surface area contributed by atoms with Crippen molar-refractivity contribution in [3.63, 3.8) is 0 Å². The van der Waals surface area contributed by atoms with Crippen LogP contribution in [0.25, 0.3) is 0 Å². The number of ether oxygens (including phenoxy) is 1. The Morgan fingerprint density at radius 3 is 2.66 bits per heavy atom. The van der Waals surface area contributed by atoms with Gasteiger partial charge in [0.1, 0.15) is 11.6 Å². The second kappa shape index (κ2) is 6.70. The van der Waals surface area contributed by atoms with Gasteiger partial charge < -0.3 is 4.74 Å². The van der Waals surface area contributed by atoms with Crippen molar-refractivity contribution in [1.82, 2.24) is 5.01 Å². The van der Waals surface area contributed by atoms with Gasteiger partial charge in [0.2, 0.25) is 6.23 Å². The molecule has 0 fully saturated rings. The summed E-state index contributed by atoms with van der Waals surface area (Å²) in [6.45, 7) is 0. The highest BCUT2D eigenvalue weighted by atomic mass is 19.1. The quantitative estimate of drug-likeness (QED) is 0.468. The molecule has 0 radical (unpaired) electrons. The Bertz CT molecular complexity index is 1130. The normalized spacial score (nSPS) is 19.8. The molecule has 2 heterocycles. The lowest BCUT2D eigenvalue weighted by molar-refractivity contribution is -0.385. The number of non-ortho nitro benzene ring substituents is 1. The number of nitro benzene ring substituents is 1. The van der Waals surface area contributed by atoms with Crippen LogP contribution in [0.1, 0.15) is 35.4 Å². The van der Waals surface area contributed by atoms with Crippen LogP contribution < -0.4 is 4.74 Å². The molecule has 0 spiro atoms. The minimum atomic E-state index is -0.590. The molecule has 2 aliphatic rings. The van der Waals surface area contributed by atoms with E-state index < -0.39 is 11.2 Å². The van der Waals surface area contributed by atoms with Gasteiger partial charge in [-0.1, -0.05) is 42.5 Å². The van der Waals surface area contributed by atoms with Crippen LogP contribution in [0, 0.1) is 15.9 Å². The van der Waals surface area contributed by atoms with Crippen LogP contribution in [0.15, 0.2) is 77.9 Å². The zero-order valence-electron chi connectivity index (χ0n) is 15.2. The van der Waals surface area contributed by atoms with Gasteiger partial charge in [0, 0.05) is 29.7 Å². The topological polar surface area (TPSA) is 68.0 Å².